The van der Waals surface area contributed by atoms with Crippen molar-refractivity contribution in [1.29, 1.82) is 0 Å². The van der Waals surface area contributed by atoms with Gasteiger partial charge in [-0.1, -0.05) is 24.4 Å². The normalized spacial score (nSPS) is 16.7. The lowest BCUT2D eigenvalue weighted by atomic mass is 9.81. The first kappa shape index (κ1) is 19.2. The molecule has 1 amide bonds. The molecule has 146 valence electrons. The Morgan fingerprint density at radius 2 is 1.89 bits per heavy atom. The molecule has 1 aliphatic rings. The second-order valence-corrected chi connectivity index (χ2v) is 6.64. The van der Waals surface area contributed by atoms with Crippen molar-refractivity contribution in [2.45, 2.75) is 50.7 Å². The van der Waals surface area contributed by atoms with Crippen LogP contribution in [0.25, 0.3) is 0 Å². The quantitative estimate of drug-likeness (QED) is 0.851. The van der Waals surface area contributed by atoms with Gasteiger partial charge in [-0.3, -0.25) is 4.79 Å². The zero-order valence-electron chi connectivity index (χ0n) is 14.8. The maximum Gasteiger partial charge on any atom is 0.416 e. The Labute approximate surface area is 154 Å². The highest BCUT2D eigenvalue weighted by Gasteiger charge is 2.39. The Bertz CT molecular complexity index is 781. The van der Waals surface area contributed by atoms with E-state index in [2.05, 4.69) is 15.5 Å². The molecule has 2 aromatic rings. The number of halogens is 3. The standard InChI is InChI=1S/C18H20F3N3O3/c1-12-22-16(24-27-12)17(9-3-2-4-10-17)23-15(25)11-26-14-7-5-13(6-8-14)18(19,20)21/h5-8H,2-4,9-11H2,1H3,(H,23,25). The van der Waals surface area contributed by atoms with E-state index in [1.807, 2.05) is 0 Å². The van der Waals surface area contributed by atoms with Gasteiger partial charge in [0.05, 0.1) is 5.56 Å². The molecule has 0 spiro atoms. The summed E-state index contributed by atoms with van der Waals surface area (Å²) in [6, 6.07) is 4.21. The third-order valence-corrected chi connectivity index (χ3v) is 4.59. The first-order valence-corrected chi connectivity index (χ1v) is 8.70. The number of aryl methyl sites for hydroxylation is 1. The molecular formula is C18H20F3N3O3. The van der Waals surface area contributed by atoms with Crippen LogP contribution in [0.3, 0.4) is 0 Å². The summed E-state index contributed by atoms with van der Waals surface area (Å²) in [5.41, 5.74) is -1.47. The molecule has 6 nitrogen and oxygen atoms in total. The number of nitrogens with one attached hydrogen (secondary N) is 1. The highest BCUT2D eigenvalue weighted by Crippen LogP contribution is 2.35. The van der Waals surface area contributed by atoms with E-state index in [4.69, 9.17) is 9.26 Å². The molecule has 1 heterocycles. The van der Waals surface area contributed by atoms with Crippen LogP contribution in [0.5, 0.6) is 5.75 Å². The van der Waals surface area contributed by atoms with Crippen molar-refractivity contribution in [2.24, 2.45) is 0 Å². The second-order valence-electron chi connectivity index (χ2n) is 6.64. The van der Waals surface area contributed by atoms with E-state index in [1.54, 1.807) is 6.92 Å². The van der Waals surface area contributed by atoms with Gasteiger partial charge in [0.1, 0.15) is 11.3 Å². The van der Waals surface area contributed by atoms with Crippen LogP contribution < -0.4 is 10.1 Å². The van der Waals surface area contributed by atoms with Gasteiger partial charge in [0.25, 0.3) is 5.91 Å². The maximum atomic E-state index is 12.6. The van der Waals surface area contributed by atoms with Crippen molar-refractivity contribution in [3.8, 4) is 5.75 Å². The Kier molecular flexibility index (Phi) is 5.38. The molecule has 1 aliphatic carbocycles. The number of carbonyl (C=O) groups excluding carboxylic acids is 1. The number of benzene rings is 1. The van der Waals surface area contributed by atoms with Crippen molar-refractivity contribution < 1.29 is 27.2 Å². The third-order valence-electron chi connectivity index (χ3n) is 4.59. The number of rotatable bonds is 5. The van der Waals surface area contributed by atoms with Gasteiger partial charge in [-0.2, -0.15) is 18.2 Å². The Morgan fingerprint density at radius 1 is 1.22 bits per heavy atom. The summed E-state index contributed by atoms with van der Waals surface area (Å²) in [7, 11) is 0. The summed E-state index contributed by atoms with van der Waals surface area (Å²) in [5, 5.41) is 6.91. The van der Waals surface area contributed by atoms with Gasteiger partial charge < -0.3 is 14.6 Å². The zero-order valence-corrected chi connectivity index (χ0v) is 14.8. The van der Waals surface area contributed by atoms with Crippen LogP contribution in [0.2, 0.25) is 0 Å². The highest BCUT2D eigenvalue weighted by atomic mass is 19.4. The van der Waals surface area contributed by atoms with Gasteiger partial charge in [0.2, 0.25) is 5.89 Å². The molecule has 1 saturated carbocycles. The summed E-state index contributed by atoms with van der Waals surface area (Å²) >= 11 is 0. The molecule has 0 bridgehead atoms. The number of alkyl halides is 3. The topological polar surface area (TPSA) is 77.2 Å². The molecule has 0 radical (unpaired) electrons. The van der Waals surface area contributed by atoms with Gasteiger partial charge in [-0.25, -0.2) is 0 Å². The van der Waals surface area contributed by atoms with Gasteiger partial charge in [-0.05, 0) is 37.1 Å². The van der Waals surface area contributed by atoms with Crippen molar-refractivity contribution in [1.82, 2.24) is 15.5 Å². The summed E-state index contributed by atoms with van der Waals surface area (Å²) in [6.07, 6.45) is -0.111. The third kappa shape index (κ3) is 4.58. The van der Waals surface area contributed by atoms with Crippen molar-refractivity contribution in [3.05, 3.63) is 41.5 Å². The van der Waals surface area contributed by atoms with Gasteiger partial charge in [0.15, 0.2) is 12.4 Å². The number of hydrogen-bond donors (Lipinski definition) is 1. The van der Waals surface area contributed by atoms with Crippen LogP contribution >= 0.6 is 0 Å². The minimum absolute atomic E-state index is 0.186. The predicted molar refractivity (Wildman–Crippen MR) is 88.9 cm³/mol. The zero-order chi connectivity index (χ0) is 19.5. The number of ether oxygens (including phenoxy) is 1. The summed E-state index contributed by atoms with van der Waals surface area (Å²) < 4.78 is 48.1. The highest BCUT2D eigenvalue weighted by molar-refractivity contribution is 5.78. The first-order chi connectivity index (χ1) is 12.8. The average molecular weight is 383 g/mol. The number of hydrogen-bond acceptors (Lipinski definition) is 5. The fourth-order valence-electron chi connectivity index (χ4n) is 3.25. The molecule has 3 rings (SSSR count). The Morgan fingerprint density at radius 3 is 2.44 bits per heavy atom. The summed E-state index contributed by atoms with van der Waals surface area (Å²) in [6.45, 7) is 1.37. The van der Waals surface area contributed by atoms with Crippen LogP contribution in [0.15, 0.2) is 28.8 Å². The smallest absolute Gasteiger partial charge is 0.416 e. The van der Waals surface area contributed by atoms with E-state index >= 15 is 0 Å². The lowest BCUT2D eigenvalue weighted by Gasteiger charge is -2.35. The number of carbonyl (C=O) groups is 1. The average Bonchev–Trinajstić information content (AvgIpc) is 3.07. The molecule has 0 saturated heterocycles. The van der Waals surface area contributed by atoms with Gasteiger partial charge in [-0.15, -0.1) is 0 Å². The van der Waals surface area contributed by atoms with Crippen LogP contribution in [-0.2, 0) is 16.5 Å². The van der Waals surface area contributed by atoms with Crippen LogP contribution in [0, 0.1) is 6.92 Å². The predicted octanol–water partition coefficient (Wildman–Crippen LogP) is 3.75. The molecule has 9 heteroatoms. The number of aromatic nitrogens is 2. The molecule has 1 aromatic carbocycles. The molecule has 0 unspecified atom stereocenters. The molecule has 0 aliphatic heterocycles. The van der Waals surface area contributed by atoms with Crippen molar-refractivity contribution in [2.75, 3.05) is 6.61 Å². The first-order valence-electron chi connectivity index (χ1n) is 8.70. The van der Waals surface area contributed by atoms with Crippen molar-refractivity contribution in [3.63, 3.8) is 0 Å². The van der Waals surface area contributed by atoms with Crippen LogP contribution in [-0.4, -0.2) is 22.7 Å². The largest absolute Gasteiger partial charge is 0.484 e. The van der Waals surface area contributed by atoms with Crippen molar-refractivity contribution >= 4 is 5.91 Å². The second kappa shape index (κ2) is 7.58. The van der Waals surface area contributed by atoms with E-state index in [0.29, 0.717) is 24.6 Å². The minimum atomic E-state index is -4.41. The molecule has 1 aromatic heterocycles. The lowest BCUT2D eigenvalue weighted by molar-refractivity contribution is -0.137. The molecular weight excluding hydrogens is 363 g/mol. The fraction of sp³-hybridized carbons (Fsp3) is 0.500. The lowest BCUT2D eigenvalue weighted by Crippen LogP contribution is -2.49. The Hall–Kier alpha value is -2.58. The molecule has 0 atom stereocenters. The number of nitrogens with zero attached hydrogens (tertiary/aromatic N) is 2. The van der Waals surface area contributed by atoms with Crippen LogP contribution in [0.4, 0.5) is 13.2 Å². The van der Waals surface area contributed by atoms with E-state index in [9.17, 15) is 18.0 Å². The van der Waals surface area contributed by atoms with Crippen LogP contribution in [0.1, 0.15) is 49.4 Å². The monoisotopic (exact) mass is 383 g/mol. The summed E-state index contributed by atoms with van der Waals surface area (Å²) in [4.78, 5) is 16.7. The molecule has 1 fully saturated rings. The Balaban J connectivity index is 1.63. The maximum absolute atomic E-state index is 12.6. The summed E-state index contributed by atoms with van der Waals surface area (Å²) in [5.74, 6) is 0.665. The number of amides is 1. The minimum Gasteiger partial charge on any atom is -0.484 e. The molecule has 27 heavy (non-hydrogen) atoms. The van der Waals surface area contributed by atoms with E-state index in [-0.39, 0.29) is 18.3 Å². The van der Waals surface area contributed by atoms with E-state index in [1.165, 1.54) is 12.1 Å². The molecule has 1 N–H and O–H groups in total. The van der Waals surface area contributed by atoms with E-state index < -0.39 is 17.3 Å². The van der Waals surface area contributed by atoms with E-state index in [0.717, 1.165) is 31.4 Å². The van der Waals surface area contributed by atoms with Gasteiger partial charge >= 0.3 is 6.18 Å². The SMILES string of the molecule is Cc1nc(C2(NC(=O)COc3ccc(C(F)(F)F)cc3)CCCCC2)no1. The fourth-order valence-corrected chi connectivity index (χ4v) is 3.25. The van der Waals surface area contributed by atoms with Gasteiger partial charge in [0, 0.05) is 6.92 Å².